The zero-order valence-electron chi connectivity index (χ0n) is 16.5. The summed E-state index contributed by atoms with van der Waals surface area (Å²) in [6, 6.07) is 20.6. The molecule has 0 aromatic heterocycles. The normalized spacial score (nSPS) is 14.6. The molecule has 1 N–H and O–H groups in total. The SMILES string of the molecule is CCC1(CC)c2cc(Cl)ccc2-c2ccc(C(=NO)c3ccccc3C)cc21. The lowest BCUT2D eigenvalue weighted by Crippen LogP contribution is -2.23. The molecule has 0 radical (unpaired) electrons. The van der Waals surface area contributed by atoms with Crippen LogP contribution in [0.4, 0.5) is 0 Å². The molecule has 0 aliphatic heterocycles. The van der Waals surface area contributed by atoms with Crippen LogP contribution in [-0.4, -0.2) is 10.9 Å². The summed E-state index contributed by atoms with van der Waals surface area (Å²) >= 11 is 6.36. The van der Waals surface area contributed by atoms with E-state index in [0.29, 0.717) is 5.71 Å². The van der Waals surface area contributed by atoms with Crippen LogP contribution < -0.4 is 0 Å². The fraction of sp³-hybridized carbons (Fsp3) is 0.240. The van der Waals surface area contributed by atoms with Crippen molar-refractivity contribution in [3.63, 3.8) is 0 Å². The Balaban J connectivity index is 1.93. The number of benzene rings is 3. The van der Waals surface area contributed by atoms with E-state index < -0.39 is 0 Å². The van der Waals surface area contributed by atoms with Crippen molar-refractivity contribution in [2.45, 2.75) is 39.0 Å². The van der Waals surface area contributed by atoms with Crippen molar-refractivity contribution in [1.82, 2.24) is 0 Å². The minimum Gasteiger partial charge on any atom is -0.410 e. The van der Waals surface area contributed by atoms with E-state index in [4.69, 9.17) is 11.6 Å². The number of hydrogen-bond donors (Lipinski definition) is 1. The molecule has 2 nitrogen and oxygen atoms in total. The summed E-state index contributed by atoms with van der Waals surface area (Å²) in [7, 11) is 0. The third kappa shape index (κ3) is 2.67. The Hall–Kier alpha value is -2.58. The summed E-state index contributed by atoms with van der Waals surface area (Å²) in [4.78, 5) is 0. The van der Waals surface area contributed by atoms with Gasteiger partial charge in [-0.15, -0.1) is 0 Å². The average molecular weight is 390 g/mol. The second kappa shape index (κ2) is 7.10. The quantitative estimate of drug-likeness (QED) is 0.292. The number of halogens is 1. The van der Waals surface area contributed by atoms with Gasteiger partial charge in [0, 0.05) is 21.6 Å². The van der Waals surface area contributed by atoms with Gasteiger partial charge in [0.1, 0.15) is 5.71 Å². The maximum atomic E-state index is 9.83. The van der Waals surface area contributed by atoms with Crippen LogP contribution >= 0.6 is 11.6 Å². The number of fused-ring (bicyclic) bond motifs is 3. The Bertz CT molecular complexity index is 1080. The monoisotopic (exact) mass is 389 g/mol. The van der Waals surface area contributed by atoms with Crippen molar-refractivity contribution in [3.05, 3.63) is 93.5 Å². The van der Waals surface area contributed by atoms with Gasteiger partial charge < -0.3 is 5.21 Å². The summed E-state index contributed by atoms with van der Waals surface area (Å²) in [5.74, 6) is 0. The number of nitrogens with zero attached hydrogens (tertiary/aromatic N) is 1. The van der Waals surface area contributed by atoms with Gasteiger partial charge in [0.25, 0.3) is 0 Å². The zero-order chi connectivity index (χ0) is 19.9. The van der Waals surface area contributed by atoms with Crippen LogP contribution in [0, 0.1) is 6.92 Å². The summed E-state index contributed by atoms with van der Waals surface area (Å²) < 4.78 is 0. The van der Waals surface area contributed by atoms with Gasteiger partial charge >= 0.3 is 0 Å². The van der Waals surface area contributed by atoms with Crippen molar-refractivity contribution >= 4 is 17.3 Å². The van der Waals surface area contributed by atoms with E-state index in [-0.39, 0.29) is 5.41 Å². The van der Waals surface area contributed by atoms with E-state index >= 15 is 0 Å². The van der Waals surface area contributed by atoms with Crippen molar-refractivity contribution in [2.24, 2.45) is 5.16 Å². The Labute approximate surface area is 171 Å². The van der Waals surface area contributed by atoms with E-state index in [1.165, 1.54) is 22.3 Å². The van der Waals surface area contributed by atoms with Gasteiger partial charge in [0.05, 0.1) is 0 Å². The minimum absolute atomic E-state index is 0.0716. The van der Waals surface area contributed by atoms with Crippen molar-refractivity contribution in [3.8, 4) is 11.1 Å². The van der Waals surface area contributed by atoms with E-state index in [0.717, 1.165) is 34.6 Å². The molecule has 1 aliphatic rings. The molecule has 0 saturated heterocycles. The molecule has 0 spiro atoms. The Morgan fingerprint density at radius 3 is 2.21 bits per heavy atom. The Kier molecular flexibility index (Phi) is 4.76. The van der Waals surface area contributed by atoms with Gasteiger partial charge in [-0.3, -0.25) is 0 Å². The Morgan fingerprint density at radius 2 is 1.57 bits per heavy atom. The highest BCUT2D eigenvalue weighted by Gasteiger charge is 2.40. The van der Waals surface area contributed by atoms with Crippen LogP contribution in [0.3, 0.4) is 0 Å². The van der Waals surface area contributed by atoms with Gasteiger partial charge in [0.15, 0.2) is 0 Å². The molecular weight excluding hydrogens is 366 g/mol. The molecular formula is C25H24ClNO. The fourth-order valence-electron chi connectivity index (χ4n) is 4.73. The van der Waals surface area contributed by atoms with E-state index in [1.807, 2.05) is 37.3 Å². The first-order valence-corrected chi connectivity index (χ1v) is 10.2. The first-order chi connectivity index (χ1) is 13.6. The zero-order valence-corrected chi connectivity index (χ0v) is 17.2. The van der Waals surface area contributed by atoms with E-state index in [2.05, 4.69) is 49.3 Å². The smallest absolute Gasteiger partial charge is 0.117 e. The molecule has 4 rings (SSSR count). The molecule has 0 amide bonds. The van der Waals surface area contributed by atoms with Crippen molar-refractivity contribution in [1.29, 1.82) is 0 Å². The first-order valence-electron chi connectivity index (χ1n) is 9.79. The lowest BCUT2D eigenvalue weighted by atomic mass is 9.73. The van der Waals surface area contributed by atoms with E-state index in [9.17, 15) is 5.21 Å². The highest BCUT2D eigenvalue weighted by molar-refractivity contribution is 6.30. The third-order valence-corrected chi connectivity index (χ3v) is 6.54. The summed E-state index contributed by atoms with van der Waals surface area (Å²) in [6.07, 6.45) is 1.98. The van der Waals surface area contributed by atoms with Gasteiger partial charge in [0.2, 0.25) is 0 Å². The molecule has 0 atom stereocenters. The second-order valence-electron chi connectivity index (χ2n) is 7.50. The molecule has 0 fully saturated rings. The molecule has 0 bridgehead atoms. The van der Waals surface area contributed by atoms with Gasteiger partial charge in [-0.05, 0) is 65.8 Å². The molecule has 3 aromatic carbocycles. The van der Waals surface area contributed by atoms with Crippen LogP contribution in [0.1, 0.15) is 54.5 Å². The number of hydrogen-bond acceptors (Lipinski definition) is 2. The van der Waals surface area contributed by atoms with Gasteiger partial charge in [-0.25, -0.2) is 0 Å². The van der Waals surface area contributed by atoms with Crippen LogP contribution in [-0.2, 0) is 5.41 Å². The highest BCUT2D eigenvalue weighted by Crippen LogP contribution is 2.53. The molecule has 0 unspecified atom stereocenters. The fourth-order valence-corrected chi connectivity index (χ4v) is 4.90. The molecule has 3 aromatic rings. The predicted octanol–water partition coefficient (Wildman–Crippen LogP) is 6.96. The Morgan fingerprint density at radius 1 is 0.929 bits per heavy atom. The molecule has 3 heteroatoms. The van der Waals surface area contributed by atoms with Crippen LogP contribution in [0.5, 0.6) is 0 Å². The van der Waals surface area contributed by atoms with Crippen molar-refractivity contribution < 1.29 is 5.21 Å². The lowest BCUT2D eigenvalue weighted by molar-refractivity contribution is 0.319. The molecule has 1 aliphatic carbocycles. The molecule has 0 heterocycles. The second-order valence-corrected chi connectivity index (χ2v) is 7.94. The summed E-state index contributed by atoms with van der Waals surface area (Å²) in [6.45, 7) is 6.50. The summed E-state index contributed by atoms with van der Waals surface area (Å²) in [5.41, 5.74) is 8.60. The number of rotatable bonds is 4. The third-order valence-electron chi connectivity index (χ3n) is 6.30. The van der Waals surface area contributed by atoms with Crippen molar-refractivity contribution in [2.75, 3.05) is 0 Å². The summed E-state index contributed by atoms with van der Waals surface area (Å²) in [5, 5.41) is 14.3. The standard InChI is InChI=1S/C25H24ClNO/c1-4-25(5-2)22-14-17(24(27-28)19-9-7-6-8-16(19)3)10-12-20(22)21-13-11-18(26)15-23(21)25/h6-15,28H,4-5H2,1-3H3. The number of oxime groups is 1. The van der Waals surface area contributed by atoms with Crippen LogP contribution in [0.15, 0.2) is 65.8 Å². The molecule has 28 heavy (non-hydrogen) atoms. The first kappa shape index (κ1) is 18.8. The highest BCUT2D eigenvalue weighted by atomic mass is 35.5. The molecule has 142 valence electrons. The van der Waals surface area contributed by atoms with Gasteiger partial charge in [-0.1, -0.05) is 73.1 Å². The predicted molar refractivity (Wildman–Crippen MR) is 117 cm³/mol. The average Bonchev–Trinajstić information content (AvgIpc) is 2.98. The maximum Gasteiger partial charge on any atom is 0.117 e. The number of aryl methyl sites for hydroxylation is 1. The lowest BCUT2D eigenvalue weighted by Gasteiger charge is -2.30. The maximum absolute atomic E-state index is 9.83. The largest absolute Gasteiger partial charge is 0.410 e. The van der Waals surface area contributed by atoms with Crippen LogP contribution in [0.25, 0.3) is 11.1 Å². The van der Waals surface area contributed by atoms with E-state index in [1.54, 1.807) is 0 Å². The molecule has 0 saturated carbocycles. The van der Waals surface area contributed by atoms with Crippen LogP contribution in [0.2, 0.25) is 5.02 Å². The van der Waals surface area contributed by atoms with Gasteiger partial charge in [-0.2, -0.15) is 0 Å². The topological polar surface area (TPSA) is 32.6 Å². The minimum atomic E-state index is -0.0716.